The van der Waals surface area contributed by atoms with Gasteiger partial charge in [-0.25, -0.2) is 4.68 Å². The van der Waals surface area contributed by atoms with Crippen LogP contribution in [0.1, 0.15) is 35.6 Å². The molecule has 4 aromatic carbocycles. The minimum absolute atomic E-state index is 0.121. The molecule has 3 aliphatic rings. The Labute approximate surface area is 307 Å². The number of methoxy groups -OCH3 is 1. The van der Waals surface area contributed by atoms with Gasteiger partial charge in [0.2, 0.25) is 14.3 Å². The average Bonchev–Trinajstić information content (AvgIpc) is 3.73. The molecule has 0 radical (unpaired) electrons. The Balaban J connectivity index is 1.14. The van der Waals surface area contributed by atoms with Gasteiger partial charge < -0.3 is 28.5 Å². The number of aliphatic hydroxyl groups is 1. The van der Waals surface area contributed by atoms with Crippen molar-refractivity contribution in [3.05, 3.63) is 124 Å². The van der Waals surface area contributed by atoms with Crippen molar-refractivity contribution in [2.75, 3.05) is 18.6 Å². The molecule has 8 rings (SSSR count). The number of carbonyl (C=O) groups excluding carboxylic acids is 2. The van der Waals surface area contributed by atoms with Crippen LogP contribution in [-0.4, -0.2) is 65.9 Å². The van der Waals surface area contributed by atoms with Gasteiger partial charge in [0.15, 0.2) is 5.60 Å². The third kappa shape index (κ3) is 5.71. The number of anilines is 1. The molecule has 274 valence electrons. The van der Waals surface area contributed by atoms with Crippen LogP contribution in [0.4, 0.5) is 9.80 Å². The molecule has 0 unspecified atom stereocenters. The number of nitrogens with one attached hydrogen (secondary N) is 1. The lowest BCUT2D eigenvalue weighted by molar-refractivity contribution is -0.151. The molecule has 0 aliphatic carbocycles. The fourth-order valence-electron chi connectivity index (χ4n) is 9.06. The highest BCUT2D eigenvalue weighted by molar-refractivity contribution is 6.72. The quantitative estimate of drug-likeness (QED) is 0.150. The molecule has 0 saturated carbocycles. The van der Waals surface area contributed by atoms with Crippen molar-refractivity contribution in [1.29, 1.82) is 0 Å². The standard InChI is InChI=1S/C41H43FN4O6Si/c1-25-38(53(3,4)42)36(21-37(48)44-23-28-12-6-5-11-27(28)19-30(44)24-47)52-41(25)33-20-31(51-2)16-17-35(33)45(40(41)50)22-26-10-9-13-29(18-26)46-39(49)32-14-7-8-15-34(32)43-46/h5-18,20,25,30,36,38,43,47H,19,21-24H2,1-4H3/t25-,30+,36+,38-,41+/m1/s1. The number of halogens is 1. The number of para-hydroxylation sites is 1. The van der Waals surface area contributed by atoms with Gasteiger partial charge in [0.1, 0.15) is 5.75 Å². The maximum Gasteiger partial charge on any atom is 0.279 e. The number of rotatable bonds is 8. The lowest BCUT2D eigenvalue weighted by atomic mass is 9.82. The maximum absolute atomic E-state index is 16.6. The molecule has 1 saturated heterocycles. The van der Waals surface area contributed by atoms with E-state index in [9.17, 15) is 14.7 Å². The van der Waals surface area contributed by atoms with Gasteiger partial charge in [0, 0.05) is 23.6 Å². The van der Waals surface area contributed by atoms with Crippen molar-refractivity contribution in [2.45, 2.75) is 69.2 Å². The molecule has 1 spiro atoms. The van der Waals surface area contributed by atoms with E-state index in [1.165, 1.54) is 4.68 Å². The zero-order chi connectivity index (χ0) is 37.2. The Bertz CT molecular complexity index is 2300. The second-order valence-corrected chi connectivity index (χ2v) is 18.8. The van der Waals surface area contributed by atoms with Crippen molar-refractivity contribution in [3.63, 3.8) is 0 Å². The summed E-state index contributed by atoms with van der Waals surface area (Å²) in [7, 11) is -2.01. The van der Waals surface area contributed by atoms with Crippen molar-refractivity contribution < 1.29 is 28.3 Å². The first-order valence-corrected chi connectivity index (χ1v) is 21.0. The van der Waals surface area contributed by atoms with Gasteiger partial charge in [-0.15, -0.1) is 0 Å². The van der Waals surface area contributed by atoms with Crippen molar-refractivity contribution >= 4 is 36.8 Å². The molecule has 10 nitrogen and oxygen atoms in total. The van der Waals surface area contributed by atoms with E-state index in [2.05, 4.69) is 5.10 Å². The van der Waals surface area contributed by atoms with Crippen LogP contribution in [0, 0.1) is 5.92 Å². The molecular weight excluding hydrogens is 692 g/mol. The number of aliphatic hydroxyl groups excluding tert-OH is 1. The first-order valence-electron chi connectivity index (χ1n) is 18.1. The van der Waals surface area contributed by atoms with Gasteiger partial charge in [-0.05, 0) is 78.7 Å². The van der Waals surface area contributed by atoms with E-state index in [-0.39, 0.29) is 36.9 Å². The second kappa shape index (κ2) is 13.1. The fourth-order valence-corrected chi connectivity index (χ4v) is 11.6. The number of H-pyrrole nitrogens is 1. The number of nitrogens with zero attached hydrogens (tertiary/aromatic N) is 3. The number of hydrogen-bond acceptors (Lipinski definition) is 6. The summed E-state index contributed by atoms with van der Waals surface area (Å²) in [5, 5.41) is 14.0. The second-order valence-electron chi connectivity index (χ2n) is 15.0. The lowest BCUT2D eigenvalue weighted by Crippen LogP contribution is -2.48. The molecule has 3 aliphatic heterocycles. The molecule has 1 fully saturated rings. The zero-order valence-electron chi connectivity index (χ0n) is 30.2. The number of benzene rings is 4. The summed E-state index contributed by atoms with van der Waals surface area (Å²) < 4.78 is 30.6. The zero-order valence-corrected chi connectivity index (χ0v) is 31.2. The highest BCUT2D eigenvalue weighted by atomic mass is 28.4. The fraction of sp³-hybridized carbons (Fsp3) is 0.341. The highest BCUT2D eigenvalue weighted by Gasteiger charge is 2.67. The molecule has 4 heterocycles. The van der Waals surface area contributed by atoms with E-state index < -0.39 is 37.6 Å². The van der Waals surface area contributed by atoms with Crippen LogP contribution < -0.4 is 15.2 Å². The van der Waals surface area contributed by atoms with Crippen LogP contribution in [0.3, 0.4) is 0 Å². The Morgan fingerprint density at radius 2 is 1.77 bits per heavy atom. The van der Waals surface area contributed by atoms with E-state index in [0.717, 1.165) is 16.7 Å². The van der Waals surface area contributed by atoms with Crippen LogP contribution in [0.25, 0.3) is 16.6 Å². The van der Waals surface area contributed by atoms with Crippen LogP contribution in [0.2, 0.25) is 18.6 Å². The van der Waals surface area contributed by atoms with Crippen molar-refractivity contribution in [1.82, 2.24) is 14.7 Å². The number of aromatic nitrogens is 2. The summed E-state index contributed by atoms with van der Waals surface area (Å²) in [5.74, 6) is -0.658. The summed E-state index contributed by atoms with van der Waals surface area (Å²) in [6, 6.07) is 27.6. The van der Waals surface area contributed by atoms with E-state index in [1.54, 1.807) is 48.2 Å². The molecule has 2 amide bonds. The largest absolute Gasteiger partial charge is 0.497 e. The Hall–Kier alpha value is -5.04. The lowest BCUT2D eigenvalue weighted by Gasteiger charge is -2.37. The van der Waals surface area contributed by atoms with Gasteiger partial charge in [0.05, 0.1) is 61.1 Å². The van der Waals surface area contributed by atoms with Crippen molar-refractivity contribution in [3.8, 4) is 11.4 Å². The summed E-state index contributed by atoms with van der Waals surface area (Å²) in [6.45, 7) is 5.39. The normalized spacial score (nSPS) is 23.8. The topological polar surface area (TPSA) is 117 Å². The Morgan fingerprint density at radius 1 is 1.02 bits per heavy atom. The first kappa shape index (κ1) is 35.0. The summed E-state index contributed by atoms with van der Waals surface area (Å²) in [5.41, 5.74) is 2.99. The van der Waals surface area contributed by atoms with E-state index >= 15 is 8.90 Å². The number of ether oxygens (including phenoxy) is 2. The molecule has 12 heteroatoms. The van der Waals surface area contributed by atoms with E-state index in [4.69, 9.17) is 9.47 Å². The smallest absolute Gasteiger partial charge is 0.279 e. The minimum Gasteiger partial charge on any atom is -0.497 e. The van der Waals surface area contributed by atoms with Gasteiger partial charge in [-0.3, -0.25) is 19.5 Å². The summed E-state index contributed by atoms with van der Waals surface area (Å²) in [4.78, 5) is 45.8. The molecule has 53 heavy (non-hydrogen) atoms. The number of carbonyl (C=O) groups is 2. The Kier molecular flexibility index (Phi) is 8.66. The minimum atomic E-state index is -3.56. The Morgan fingerprint density at radius 3 is 2.51 bits per heavy atom. The predicted octanol–water partition coefficient (Wildman–Crippen LogP) is 5.99. The van der Waals surface area contributed by atoms with E-state index in [1.807, 2.05) is 79.7 Å². The molecule has 5 aromatic rings. The van der Waals surface area contributed by atoms with Gasteiger partial charge in [0.25, 0.3) is 11.5 Å². The third-order valence-corrected chi connectivity index (χ3v) is 14.0. The van der Waals surface area contributed by atoms with E-state index in [0.29, 0.717) is 46.6 Å². The van der Waals surface area contributed by atoms with Crippen LogP contribution in [0.5, 0.6) is 5.75 Å². The molecular formula is C41H43FN4O6Si. The number of fused-ring (bicyclic) bond motifs is 4. The van der Waals surface area contributed by atoms with Crippen LogP contribution in [0.15, 0.2) is 95.8 Å². The van der Waals surface area contributed by atoms with Gasteiger partial charge >= 0.3 is 0 Å². The first-order chi connectivity index (χ1) is 25.4. The predicted molar refractivity (Wildman–Crippen MR) is 202 cm³/mol. The van der Waals surface area contributed by atoms with Crippen LogP contribution in [-0.2, 0) is 39.4 Å². The van der Waals surface area contributed by atoms with Crippen molar-refractivity contribution in [2.24, 2.45) is 5.92 Å². The summed E-state index contributed by atoms with van der Waals surface area (Å²) >= 11 is 0. The number of hydrogen-bond donors (Lipinski definition) is 2. The summed E-state index contributed by atoms with van der Waals surface area (Å²) in [6.07, 6.45) is -0.474. The van der Waals surface area contributed by atoms with Crippen LogP contribution >= 0.6 is 0 Å². The highest BCUT2D eigenvalue weighted by Crippen LogP contribution is 2.60. The molecule has 2 N–H and O–H groups in total. The average molecular weight is 735 g/mol. The van der Waals surface area contributed by atoms with Gasteiger partial charge in [-0.2, -0.15) is 0 Å². The van der Waals surface area contributed by atoms with Gasteiger partial charge in [-0.1, -0.05) is 55.5 Å². The number of aromatic amines is 1. The molecule has 0 bridgehead atoms. The maximum atomic E-state index is 16.6. The SMILES string of the molecule is COc1ccc2c(c1)[C@]1(O[C@@H](CC(=O)N3Cc4ccccc4C[C@H]3CO)[C@H]([Si](C)(C)F)[C@H]1C)C(=O)N2Cc1cccc(-n2[nH]c3ccccc3c2=O)c1. The molecule has 5 atom stereocenters. The third-order valence-electron chi connectivity index (χ3n) is 11.5. The monoisotopic (exact) mass is 734 g/mol. The number of amides is 2. The molecule has 1 aromatic heterocycles.